The van der Waals surface area contributed by atoms with Crippen molar-refractivity contribution in [2.45, 2.75) is 341 Å². The maximum absolute atomic E-state index is 13.1. The van der Waals surface area contributed by atoms with Crippen molar-refractivity contribution in [2.24, 2.45) is 0 Å². The second kappa shape index (κ2) is 74.7. The van der Waals surface area contributed by atoms with Gasteiger partial charge in [-0.25, -0.2) is 9.13 Å². The van der Waals surface area contributed by atoms with Gasteiger partial charge in [0.05, 0.1) is 26.4 Å². The molecule has 0 saturated heterocycles. The van der Waals surface area contributed by atoms with Gasteiger partial charge in [-0.15, -0.1) is 0 Å². The fourth-order valence-electron chi connectivity index (χ4n) is 10.4. The van der Waals surface area contributed by atoms with Crippen molar-refractivity contribution in [1.82, 2.24) is 0 Å². The third-order valence-electron chi connectivity index (χ3n) is 16.4. The number of hydrogen-bond acceptors (Lipinski definition) is 15. The molecular weight excluding hydrogens is 1330 g/mol. The van der Waals surface area contributed by atoms with Crippen molar-refractivity contribution in [1.29, 1.82) is 0 Å². The molecule has 0 saturated carbocycles. The highest BCUT2D eigenvalue weighted by molar-refractivity contribution is 7.47. The van der Waals surface area contributed by atoms with Crippen LogP contribution in [-0.4, -0.2) is 96.7 Å². The van der Waals surface area contributed by atoms with Crippen molar-refractivity contribution >= 4 is 39.5 Å². The molecule has 586 valence electrons. The minimum Gasteiger partial charge on any atom is -0.462 e. The molecule has 17 nitrogen and oxygen atoms in total. The highest BCUT2D eigenvalue weighted by atomic mass is 31.2. The molecule has 3 N–H and O–H groups in total. The summed E-state index contributed by atoms with van der Waals surface area (Å²) < 4.78 is 68.4. The fourth-order valence-corrected chi connectivity index (χ4v) is 11.9. The summed E-state index contributed by atoms with van der Waals surface area (Å²) >= 11 is 0. The molecule has 5 atom stereocenters. The summed E-state index contributed by atoms with van der Waals surface area (Å²) in [5.74, 6) is -2.29. The average Bonchev–Trinajstić information content (AvgIpc) is 0.928. The Labute approximate surface area is 619 Å². The van der Waals surface area contributed by atoms with Gasteiger partial charge in [0, 0.05) is 25.7 Å². The average molecular weight is 1470 g/mol. The van der Waals surface area contributed by atoms with Gasteiger partial charge in [0.2, 0.25) is 0 Å². The number of carbonyl (C=O) groups excluding carboxylic acids is 4. The number of allylic oxidation sites excluding steroid dienone is 20. The smallest absolute Gasteiger partial charge is 0.462 e. The summed E-state index contributed by atoms with van der Waals surface area (Å²) in [5.41, 5.74) is 0. The van der Waals surface area contributed by atoms with E-state index in [9.17, 15) is 43.2 Å². The molecule has 0 radical (unpaired) electrons. The zero-order chi connectivity index (χ0) is 74.6. The summed E-state index contributed by atoms with van der Waals surface area (Å²) in [7, 11) is -9.97. The van der Waals surface area contributed by atoms with E-state index in [4.69, 9.17) is 37.0 Å². The lowest BCUT2D eigenvalue weighted by Crippen LogP contribution is -2.30. The van der Waals surface area contributed by atoms with Crippen molar-refractivity contribution in [2.75, 3.05) is 39.6 Å². The van der Waals surface area contributed by atoms with Crippen LogP contribution < -0.4 is 0 Å². The summed E-state index contributed by atoms with van der Waals surface area (Å²) in [6, 6.07) is 0. The third-order valence-corrected chi connectivity index (χ3v) is 18.3. The SMILES string of the molecule is CC/C=C\C/C=C\C/C=C\C/C=C\C/C=C\C/C=C\CCC(=O)OCC(COP(=O)(O)OCC(O)COP(=O)(O)OCC(COC(=O)CCCCCCCC/C=C\C/C=C\C/C=C\CCCCC)OC(=O)CCCCCCCCCCCCCCC)OC(=O)CCCCCCC/C=C\CCCC. The number of phosphoric ester groups is 2. The van der Waals surface area contributed by atoms with E-state index in [1.54, 1.807) is 0 Å². The first kappa shape index (κ1) is 97.5. The Bertz CT molecular complexity index is 2410. The minimum absolute atomic E-state index is 0.0331. The molecule has 0 aromatic heterocycles. The van der Waals surface area contributed by atoms with Crippen molar-refractivity contribution in [3.05, 3.63) is 122 Å². The highest BCUT2D eigenvalue weighted by Gasteiger charge is 2.30. The van der Waals surface area contributed by atoms with Crippen LogP contribution in [0.3, 0.4) is 0 Å². The van der Waals surface area contributed by atoms with Crippen LogP contribution in [0.1, 0.15) is 323 Å². The zero-order valence-corrected chi connectivity index (χ0v) is 65.8. The Morgan fingerprint density at radius 2 is 0.539 bits per heavy atom. The molecule has 0 amide bonds. The molecule has 19 heteroatoms. The predicted molar refractivity (Wildman–Crippen MR) is 418 cm³/mol. The van der Waals surface area contributed by atoms with Crippen molar-refractivity contribution in [3.63, 3.8) is 0 Å². The Hall–Kier alpha value is -4.54. The Morgan fingerprint density at radius 3 is 0.902 bits per heavy atom. The van der Waals surface area contributed by atoms with E-state index >= 15 is 0 Å². The standard InChI is InChI=1S/C83H142O17P2/c1-5-9-13-17-21-25-29-32-34-36-38-40-42-45-48-51-55-59-63-67-80(85)93-73-78(99-82(87)69-65-61-57-53-47-28-24-20-16-12-8-4)75-97-101(89,90)95-71-77(84)72-96-102(91,92)98-76-79(100-83(88)70-66-62-58-54-50-44-31-27-23-19-15-11-7-3)74-94-81(86)68-64-60-56-52-49-46-43-41-39-37-35-33-30-26-22-18-14-10-6-2/h9,13,20-22,24-26,32-35,38-41,45,48,55,59,77-79,84H,5-8,10-12,14-19,23,27-31,36-37,42-44,46-47,49-54,56-58,60-76H2,1-4H3,(H,89,90)(H,91,92)/b13-9-,24-20-,25-21-,26-22-,34-32-,35-33-,40-38-,41-39-,48-45-,59-55-. The van der Waals surface area contributed by atoms with Gasteiger partial charge in [-0.1, -0.05) is 297 Å². The molecule has 0 aromatic rings. The van der Waals surface area contributed by atoms with Crippen LogP contribution in [0, 0.1) is 0 Å². The normalized spacial score (nSPS) is 14.5. The highest BCUT2D eigenvalue weighted by Crippen LogP contribution is 2.45. The first-order valence-corrected chi connectivity index (χ1v) is 42.8. The van der Waals surface area contributed by atoms with Gasteiger partial charge >= 0.3 is 39.5 Å². The van der Waals surface area contributed by atoms with Gasteiger partial charge in [-0.05, 0) is 122 Å². The Morgan fingerprint density at radius 1 is 0.284 bits per heavy atom. The number of carbonyl (C=O) groups is 4. The first-order chi connectivity index (χ1) is 49.7. The molecule has 0 aliphatic rings. The maximum Gasteiger partial charge on any atom is 0.472 e. The Kier molecular flexibility index (Phi) is 71.4. The monoisotopic (exact) mass is 1470 g/mol. The van der Waals surface area contributed by atoms with Crippen LogP contribution in [0.15, 0.2) is 122 Å². The van der Waals surface area contributed by atoms with E-state index in [0.29, 0.717) is 32.1 Å². The van der Waals surface area contributed by atoms with Crippen molar-refractivity contribution < 1.29 is 80.2 Å². The van der Waals surface area contributed by atoms with E-state index in [1.807, 2.05) is 18.2 Å². The molecule has 0 aliphatic carbocycles. The molecule has 0 rings (SSSR count). The number of phosphoric acid groups is 2. The summed E-state index contributed by atoms with van der Waals surface area (Å²) in [5, 5.41) is 10.6. The topological polar surface area (TPSA) is 237 Å². The minimum atomic E-state index is -4.99. The number of unbranched alkanes of at least 4 members (excludes halogenated alkanes) is 28. The van der Waals surface area contributed by atoms with E-state index < -0.39 is 97.5 Å². The molecule has 102 heavy (non-hydrogen) atoms. The third kappa shape index (κ3) is 73.8. The van der Waals surface area contributed by atoms with Crippen LogP contribution in [0.4, 0.5) is 0 Å². The fraction of sp³-hybridized carbons (Fsp3) is 0.711. The summed E-state index contributed by atoms with van der Waals surface area (Å²) in [4.78, 5) is 72.9. The quantitative estimate of drug-likeness (QED) is 0.0169. The number of rotatable bonds is 74. The largest absolute Gasteiger partial charge is 0.472 e. The summed E-state index contributed by atoms with van der Waals surface area (Å²) in [6.07, 6.45) is 82.0. The molecule has 0 spiro atoms. The lowest BCUT2D eigenvalue weighted by Gasteiger charge is -2.21. The van der Waals surface area contributed by atoms with Gasteiger partial charge in [0.1, 0.15) is 19.3 Å². The molecule has 5 unspecified atom stereocenters. The number of esters is 4. The van der Waals surface area contributed by atoms with E-state index in [2.05, 4.69) is 131 Å². The molecule has 0 bridgehead atoms. The van der Waals surface area contributed by atoms with Crippen LogP contribution in [0.5, 0.6) is 0 Å². The Balaban J connectivity index is 5.36. The predicted octanol–water partition coefficient (Wildman–Crippen LogP) is 23.1. The number of hydrogen-bond donors (Lipinski definition) is 3. The van der Waals surface area contributed by atoms with Gasteiger partial charge in [0.15, 0.2) is 12.2 Å². The number of ether oxygens (including phenoxy) is 4. The van der Waals surface area contributed by atoms with E-state index in [-0.39, 0.29) is 25.7 Å². The lowest BCUT2D eigenvalue weighted by atomic mass is 10.0. The van der Waals surface area contributed by atoms with Crippen LogP contribution in [0.2, 0.25) is 0 Å². The van der Waals surface area contributed by atoms with E-state index in [1.165, 1.54) is 83.5 Å². The zero-order valence-electron chi connectivity index (χ0n) is 64.0. The second-order valence-corrected chi connectivity index (χ2v) is 29.2. The maximum atomic E-state index is 13.1. The second-order valence-electron chi connectivity index (χ2n) is 26.3. The molecular formula is C83H142O17P2. The van der Waals surface area contributed by atoms with E-state index in [0.717, 1.165) is 154 Å². The van der Waals surface area contributed by atoms with Crippen LogP contribution >= 0.6 is 15.6 Å². The van der Waals surface area contributed by atoms with Gasteiger partial charge in [0.25, 0.3) is 0 Å². The summed E-state index contributed by atoms with van der Waals surface area (Å²) in [6.45, 7) is 4.60. The van der Waals surface area contributed by atoms with Crippen LogP contribution in [-0.2, 0) is 65.4 Å². The molecule has 0 aromatic carbocycles. The van der Waals surface area contributed by atoms with Gasteiger partial charge in [-0.3, -0.25) is 37.3 Å². The first-order valence-electron chi connectivity index (χ1n) is 39.8. The molecule has 0 aliphatic heterocycles. The lowest BCUT2D eigenvalue weighted by molar-refractivity contribution is -0.161. The van der Waals surface area contributed by atoms with Crippen LogP contribution in [0.25, 0.3) is 0 Å². The molecule has 0 fully saturated rings. The van der Waals surface area contributed by atoms with Crippen molar-refractivity contribution in [3.8, 4) is 0 Å². The van der Waals surface area contributed by atoms with Gasteiger partial charge in [-0.2, -0.15) is 0 Å². The molecule has 0 heterocycles. The number of aliphatic hydroxyl groups excluding tert-OH is 1. The number of aliphatic hydroxyl groups is 1. The van der Waals surface area contributed by atoms with Gasteiger partial charge < -0.3 is 33.8 Å².